The van der Waals surface area contributed by atoms with Crippen LogP contribution >= 0.6 is 0 Å². The summed E-state index contributed by atoms with van der Waals surface area (Å²) in [5.41, 5.74) is 0.658. The lowest BCUT2D eigenvalue weighted by atomic mass is 10.2. The van der Waals surface area contributed by atoms with Gasteiger partial charge in [-0.15, -0.1) is 0 Å². The van der Waals surface area contributed by atoms with Gasteiger partial charge in [0.25, 0.3) is 0 Å². The molecule has 14 heavy (non-hydrogen) atoms. The fourth-order valence-corrected chi connectivity index (χ4v) is 1.18. The standard InChI is InChI=1S/C10H16FN3/c1-4-12-7-8-5-6-13-10(9(8)11)14(2)3/h5-6,12H,4,7H2,1-3H3. The SMILES string of the molecule is CCNCc1ccnc(N(C)C)c1F. The highest BCUT2D eigenvalue weighted by atomic mass is 19.1. The Hall–Kier alpha value is -1.16. The van der Waals surface area contributed by atoms with E-state index in [1.165, 1.54) is 0 Å². The van der Waals surface area contributed by atoms with Crippen molar-refractivity contribution in [2.75, 3.05) is 25.5 Å². The Kier molecular flexibility index (Phi) is 3.83. The van der Waals surface area contributed by atoms with Crippen LogP contribution < -0.4 is 10.2 Å². The van der Waals surface area contributed by atoms with E-state index >= 15 is 0 Å². The van der Waals surface area contributed by atoms with Crippen molar-refractivity contribution in [1.29, 1.82) is 0 Å². The van der Waals surface area contributed by atoms with Gasteiger partial charge in [0.15, 0.2) is 11.6 Å². The Morgan fingerprint density at radius 2 is 2.21 bits per heavy atom. The van der Waals surface area contributed by atoms with Gasteiger partial charge in [0.2, 0.25) is 0 Å². The van der Waals surface area contributed by atoms with Gasteiger partial charge < -0.3 is 10.2 Å². The average Bonchev–Trinajstić information content (AvgIpc) is 2.16. The zero-order chi connectivity index (χ0) is 10.6. The molecule has 1 aromatic heterocycles. The number of hydrogen-bond acceptors (Lipinski definition) is 3. The molecule has 0 saturated carbocycles. The fourth-order valence-electron chi connectivity index (χ4n) is 1.18. The maximum absolute atomic E-state index is 13.7. The van der Waals surface area contributed by atoms with Crippen molar-refractivity contribution in [2.45, 2.75) is 13.5 Å². The summed E-state index contributed by atoms with van der Waals surface area (Å²) in [6, 6.07) is 1.70. The maximum Gasteiger partial charge on any atom is 0.170 e. The van der Waals surface area contributed by atoms with Crippen LogP contribution in [0.25, 0.3) is 0 Å². The number of anilines is 1. The molecule has 0 aliphatic rings. The third-order valence-electron chi connectivity index (χ3n) is 1.94. The molecule has 0 aliphatic carbocycles. The second kappa shape index (κ2) is 4.91. The maximum atomic E-state index is 13.7. The van der Waals surface area contributed by atoms with Crippen molar-refractivity contribution >= 4 is 5.82 Å². The molecule has 0 fully saturated rings. The summed E-state index contributed by atoms with van der Waals surface area (Å²) in [6.07, 6.45) is 1.63. The summed E-state index contributed by atoms with van der Waals surface area (Å²) < 4.78 is 13.7. The van der Waals surface area contributed by atoms with Crippen molar-refractivity contribution in [3.8, 4) is 0 Å². The number of pyridine rings is 1. The summed E-state index contributed by atoms with van der Waals surface area (Å²) in [5.74, 6) is 0.152. The fraction of sp³-hybridized carbons (Fsp3) is 0.500. The molecular formula is C10H16FN3. The molecule has 0 radical (unpaired) electrons. The molecule has 1 heterocycles. The first-order valence-corrected chi connectivity index (χ1v) is 4.68. The van der Waals surface area contributed by atoms with Gasteiger partial charge in [-0.25, -0.2) is 9.37 Å². The van der Waals surface area contributed by atoms with Crippen LogP contribution in [-0.4, -0.2) is 25.6 Å². The molecule has 78 valence electrons. The molecule has 1 aromatic rings. The van der Waals surface area contributed by atoms with Crippen molar-refractivity contribution in [3.63, 3.8) is 0 Å². The number of nitrogens with zero attached hydrogens (tertiary/aromatic N) is 2. The second-order valence-electron chi connectivity index (χ2n) is 3.28. The first-order chi connectivity index (χ1) is 6.66. The molecule has 0 atom stereocenters. The molecule has 1 rings (SSSR count). The van der Waals surface area contributed by atoms with E-state index in [9.17, 15) is 4.39 Å². The largest absolute Gasteiger partial charge is 0.360 e. The monoisotopic (exact) mass is 197 g/mol. The smallest absolute Gasteiger partial charge is 0.170 e. The van der Waals surface area contributed by atoms with Crippen molar-refractivity contribution in [2.24, 2.45) is 0 Å². The lowest BCUT2D eigenvalue weighted by Gasteiger charge is -2.14. The van der Waals surface area contributed by atoms with E-state index in [1.54, 1.807) is 31.3 Å². The predicted octanol–water partition coefficient (Wildman–Crippen LogP) is 1.40. The van der Waals surface area contributed by atoms with Crippen LogP contribution in [0.2, 0.25) is 0 Å². The normalized spacial score (nSPS) is 10.3. The topological polar surface area (TPSA) is 28.2 Å². The number of rotatable bonds is 4. The van der Waals surface area contributed by atoms with Gasteiger partial charge in [0.05, 0.1) is 0 Å². The Morgan fingerprint density at radius 3 is 2.79 bits per heavy atom. The lowest BCUT2D eigenvalue weighted by Crippen LogP contribution is -2.17. The Morgan fingerprint density at radius 1 is 1.50 bits per heavy atom. The van der Waals surface area contributed by atoms with Crippen LogP contribution in [0, 0.1) is 5.82 Å². The molecule has 0 amide bonds. The predicted molar refractivity (Wildman–Crippen MR) is 55.9 cm³/mol. The molecule has 0 saturated heterocycles. The van der Waals surface area contributed by atoms with E-state index in [2.05, 4.69) is 10.3 Å². The van der Waals surface area contributed by atoms with E-state index in [-0.39, 0.29) is 5.82 Å². The molecule has 0 unspecified atom stereocenters. The molecule has 4 heteroatoms. The van der Waals surface area contributed by atoms with Crippen LogP contribution in [0.1, 0.15) is 12.5 Å². The summed E-state index contributed by atoms with van der Waals surface area (Å²) in [5, 5.41) is 3.09. The average molecular weight is 197 g/mol. The molecule has 1 N–H and O–H groups in total. The number of hydrogen-bond donors (Lipinski definition) is 1. The van der Waals surface area contributed by atoms with Crippen molar-refractivity contribution in [1.82, 2.24) is 10.3 Å². The quantitative estimate of drug-likeness (QED) is 0.790. The molecule has 0 spiro atoms. The summed E-state index contributed by atoms with van der Waals surface area (Å²) in [4.78, 5) is 5.64. The third kappa shape index (κ3) is 2.42. The highest BCUT2D eigenvalue weighted by molar-refractivity contribution is 5.41. The minimum atomic E-state index is -0.238. The molecule has 0 bridgehead atoms. The van der Waals surface area contributed by atoms with Gasteiger partial charge in [-0.3, -0.25) is 0 Å². The van der Waals surface area contributed by atoms with Crippen LogP contribution in [0.3, 0.4) is 0 Å². The van der Waals surface area contributed by atoms with Gasteiger partial charge in [0.1, 0.15) is 0 Å². The first-order valence-electron chi connectivity index (χ1n) is 4.68. The number of nitrogens with one attached hydrogen (secondary N) is 1. The van der Waals surface area contributed by atoms with E-state index in [1.807, 2.05) is 6.92 Å². The minimum absolute atomic E-state index is 0.238. The summed E-state index contributed by atoms with van der Waals surface area (Å²) in [6.45, 7) is 3.37. The molecular weight excluding hydrogens is 181 g/mol. The molecule has 0 aromatic carbocycles. The Labute approximate surface area is 84.0 Å². The van der Waals surface area contributed by atoms with E-state index in [0.717, 1.165) is 6.54 Å². The summed E-state index contributed by atoms with van der Waals surface area (Å²) >= 11 is 0. The zero-order valence-corrected chi connectivity index (χ0v) is 8.84. The highest BCUT2D eigenvalue weighted by Gasteiger charge is 2.09. The summed E-state index contributed by atoms with van der Waals surface area (Å²) in [7, 11) is 3.56. The molecule has 3 nitrogen and oxygen atoms in total. The number of halogens is 1. The third-order valence-corrected chi connectivity index (χ3v) is 1.94. The zero-order valence-electron chi connectivity index (χ0n) is 8.84. The second-order valence-corrected chi connectivity index (χ2v) is 3.28. The first kappa shape index (κ1) is 10.9. The van der Waals surface area contributed by atoms with Gasteiger partial charge in [-0.05, 0) is 12.6 Å². The van der Waals surface area contributed by atoms with Gasteiger partial charge in [0, 0.05) is 32.4 Å². The van der Waals surface area contributed by atoms with Crippen molar-refractivity contribution in [3.05, 3.63) is 23.6 Å². The van der Waals surface area contributed by atoms with Crippen LogP contribution in [0.4, 0.5) is 10.2 Å². The van der Waals surface area contributed by atoms with Crippen LogP contribution in [0.5, 0.6) is 0 Å². The van der Waals surface area contributed by atoms with E-state index in [4.69, 9.17) is 0 Å². The van der Waals surface area contributed by atoms with E-state index in [0.29, 0.717) is 17.9 Å². The van der Waals surface area contributed by atoms with Gasteiger partial charge in [-0.1, -0.05) is 6.92 Å². The van der Waals surface area contributed by atoms with E-state index < -0.39 is 0 Å². The molecule has 0 aliphatic heterocycles. The Balaban J connectivity index is 2.89. The van der Waals surface area contributed by atoms with Gasteiger partial charge >= 0.3 is 0 Å². The van der Waals surface area contributed by atoms with Crippen LogP contribution in [0.15, 0.2) is 12.3 Å². The Bertz CT molecular complexity index is 299. The lowest BCUT2D eigenvalue weighted by molar-refractivity contribution is 0.586. The van der Waals surface area contributed by atoms with Crippen LogP contribution in [-0.2, 0) is 6.54 Å². The van der Waals surface area contributed by atoms with Gasteiger partial charge in [-0.2, -0.15) is 0 Å². The highest BCUT2D eigenvalue weighted by Crippen LogP contribution is 2.16. The van der Waals surface area contributed by atoms with Crippen molar-refractivity contribution < 1.29 is 4.39 Å². The minimum Gasteiger partial charge on any atom is -0.360 e. The number of aromatic nitrogens is 1.